The Labute approximate surface area is 324 Å². The Morgan fingerprint density at radius 1 is 0.648 bits per heavy atom. The third-order valence-electron chi connectivity index (χ3n) is 6.87. The molecule has 0 saturated carbocycles. The smallest absolute Gasteiger partial charge is 0.411 e. The van der Waals surface area contributed by atoms with E-state index in [1.807, 2.05) is 18.2 Å². The number of halogens is 6. The molecule has 4 rings (SSSR count). The van der Waals surface area contributed by atoms with Crippen LogP contribution < -0.4 is 0 Å². The SMILES string of the molecule is CC(C)(C)OC(=O)N(C/C=C\c1ccc(Cl)cc1)Cc1ccc(F)c(F)c1.CC(C)(C)OC(=O)N(CC#Cc1ccc(Cl)cc1)Cc1ccc(F)c(F)c1. The van der Waals surface area contributed by atoms with Crippen LogP contribution in [0.5, 0.6) is 0 Å². The molecule has 0 aliphatic rings. The van der Waals surface area contributed by atoms with Gasteiger partial charge in [-0.2, -0.15) is 0 Å². The van der Waals surface area contributed by atoms with E-state index in [1.165, 1.54) is 21.9 Å². The minimum absolute atomic E-state index is 0.0431. The Bertz CT molecular complexity index is 1960. The van der Waals surface area contributed by atoms with E-state index in [0.717, 1.165) is 35.4 Å². The molecule has 0 saturated heterocycles. The molecule has 0 aliphatic heterocycles. The largest absolute Gasteiger partial charge is 0.444 e. The average molecular weight is 786 g/mol. The molecule has 0 fully saturated rings. The Kier molecular flexibility index (Phi) is 16.0. The van der Waals surface area contributed by atoms with E-state index in [1.54, 1.807) is 84.0 Å². The van der Waals surface area contributed by atoms with Crippen LogP contribution in [0.3, 0.4) is 0 Å². The van der Waals surface area contributed by atoms with Crippen LogP contribution in [0.2, 0.25) is 10.0 Å². The molecule has 0 radical (unpaired) electrons. The molecular weight excluding hydrogens is 743 g/mol. The number of hydrogen-bond acceptors (Lipinski definition) is 4. The van der Waals surface area contributed by atoms with Crippen LogP contribution in [-0.2, 0) is 22.6 Å². The van der Waals surface area contributed by atoms with Crippen LogP contribution in [0.15, 0.2) is 91.0 Å². The van der Waals surface area contributed by atoms with E-state index in [0.29, 0.717) is 21.2 Å². The lowest BCUT2D eigenvalue weighted by Gasteiger charge is -2.26. The fraction of sp³-hybridized carbons (Fsp3) is 0.286. The van der Waals surface area contributed by atoms with E-state index in [-0.39, 0.29) is 26.2 Å². The summed E-state index contributed by atoms with van der Waals surface area (Å²) in [6, 6.07) is 21.3. The highest BCUT2D eigenvalue weighted by Crippen LogP contribution is 2.18. The van der Waals surface area contributed by atoms with Gasteiger partial charge in [-0.05, 0) is 119 Å². The van der Waals surface area contributed by atoms with Crippen LogP contribution in [0.4, 0.5) is 27.2 Å². The second-order valence-corrected chi connectivity index (χ2v) is 14.8. The van der Waals surface area contributed by atoms with Crippen molar-refractivity contribution in [2.45, 2.75) is 65.8 Å². The van der Waals surface area contributed by atoms with Gasteiger partial charge in [0, 0.05) is 28.7 Å². The number of hydrogen-bond donors (Lipinski definition) is 0. The van der Waals surface area contributed by atoms with E-state index in [9.17, 15) is 27.2 Å². The highest BCUT2D eigenvalue weighted by molar-refractivity contribution is 6.30. The Morgan fingerprint density at radius 2 is 1.09 bits per heavy atom. The number of rotatable bonds is 8. The summed E-state index contributed by atoms with van der Waals surface area (Å²) in [5, 5.41) is 1.25. The summed E-state index contributed by atoms with van der Waals surface area (Å²) in [7, 11) is 0. The topological polar surface area (TPSA) is 59.1 Å². The lowest BCUT2D eigenvalue weighted by atomic mass is 10.2. The molecule has 0 atom stereocenters. The second-order valence-electron chi connectivity index (χ2n) is 14.0. The number of nitrogens with zero attached hydrogens (tertiary/aromatic N) is 2. The summed E-state index contributed by atoms with van der Waals surface area (Å²) >= 11 is 11.7. The molecule has 0 aliphatic carbocycles. The molecule has 0 N–H and O–H groups in total. The van der Waals surface area contributed by atoms with Gasteiger partial charge >= 0.3 is 12.2 Å². The quantitative estimate of drug-likeness (QED) is 0.132. The van der Waals surface area contributed by atoms with Gasteiger partial charge in [-0.15, -0.1) is 0 Å². The van der Waals surface area contributed by atoms with Crippen LogP contribution in [0.1, 0.15) is 63.8 Å². The molecule has 2 amide bonds. The summed E-state index contributed by atoms with van der Waals surface area (Å²) in [5.41, 5.74) is 1.23. The van der Waals surface area contributed by atoms with Crippen molar-refractivity contribution in [3.8, 4) is 11.8 Å². The zero-order chi connectivity index (χ0) is 40.1. The molecule has 4 aromatic carbocycles. The van der Waals surface area contributed by atoms with E-state index in [2.05, 4.69) is 11.8 Å². The number of amides is 2. The second kappa shape index (κ2) is 19.9. The highest BCUT2D eigenvalue weighted by atomic mass is 35.5. The van der Waals surface area contributed by atoms with Crippen molar-refractivity contribution in [1.29, 1.82) is 0 Å². The first kappa shape index (κ1) is 43.4. The summed E-state index contributed by atoms with van der Waals surface area (Å²) < 4.78 is 64.0. The van der Waals surface area contributed by atoms with Crippen molar-refractivity contribution in [2.75, 3.05) is 13.1 Å². The number of carbonyl (C=O) groups excluding carboxylic acids is 2. The van der Waals surface area contributed by atoms with Gasteiger partial charge in [0.15, 0.2) is 23.3 Å². The van der Waals surface area contributed by atoms with Crippen LogP contribution in [0.25, 0.3) is 6.08 Å². The van der Waals surface area contributed by atoms with Crippen LogP contribution in [0, 0.1) is 35.1 Å². The maximum absolute atomic E-state index is 13.5. The summed E-state index contributed by atoms with van der Waals surface area (Å²) in [4.78, 5) is 27.7. The van der Waals surface area contributed by atoms with Crippen molar-refractivity contribution in [3.05, 3.63) is 147 Å². The Hall–Kier alpha value is -4.98. The van der Waals surface area contributed by atoms with Crippen LogP contribution >= 0.6 is 23.2 Å². The van der Waals surface area contributed by atoms with Gasteiger partial charge in [0.1, 0.15) is 11.2 Å². The van der Waals surface area contributed by atoms with Gasteiger partial charge in [0.2, 0.25) is 0 Å². The third kappa shape index (κ3) is 15.9. The first-order valence-electron chi connectivity index (χ1n) is 16.8. The van der Waals surface area contributed by atoms with Crippen molar-refractivity contribution in [3.63, 3.8) is 0 Å². The molecule has 0 aromatic heterocycles. The lowest BCUT2D eigenvalue weighted by molar-refractivity contribution is 0.0248. The standard InChI is InChI=1S/C21H22ClF2NO2.C21H20ClF2NO2/c2*1-21(2,3)27-20(26)25(14-16-8-11-18(23)19(24)13-16)12-4-5-15-6-9-17(22)10-7-15/h4-11,13H,12,14H2,1-3H3;6-11,13H,12,14H2,1-3H3/b5-4-;. The van der Waals surface area contributed by atoms with Gasteiger partial charge in [0.05, 0.1) is 13.1 Å². The minimum atomic E-state index is -0.969. The molecule has 4 aromatic rings. The van der Waals surface area contributed by atoms with Gasteiger partial charge < -0.3 is 14.4 Å². The number of ether oxygens (including phenoxy) is 2. The summed E-state index contributed by atoms with van der Waals surface area (Å²) in [6.45, 7) is 11.0. The van der Waals surface area contributed by atoms with Crippen molar-refractivity contribution in [1.82, 2.24) is 9.80 Å². The predicted molar refractivity (Wildman–Crippen MR) is 205 cm³/mol. The Balaban J connectivity index is 0.000000290. The highest BCUT2D eigenvalue weighted by Gasteiger charge is 2.23. The first-order valence-corrected chi connectivity index (χ1v) is 17.5. The molecule has 6 nitrogen and oxygen atoms in total. The van der Waals surface area contributed by atoms with E-state index < -0.39 is 46.7 Å². The normalized spacial score (nSPS) is 11.2. The molecule has 12 heteroatoms. The van der Waals surface area contributed by atoms with Crippen molar-refractivity contribution >= 4 is 41.5 Å². The van der Waals surface area contributed by atoms with Gasteiger partial charge in [-0.1, -0.05) is 71.5 Å². The molecule has 0 heterocycles. The fourth-order valence-electron chi connectivity index (χ4n) is 4.42. The zero-order valence-corrected chi connectivity index (χ0v) is 32.4. The monoisotopic (exact) mass is 784 g/mol. The number of benzene rings is 4. The maximum atomic E-state index is 13.5. The van der Waals surface area contributed by atoms with Gasteiger partial charge in [-0.25, -0.2) is 27.2 Å². The predicted octanol–water partition coefficient (Wildman–Crippen LogP) is 11.5. The zero-order valence-electron chi connectivity index (χ0n) is 30.9. The fourth-order valence-corrected chi connectivity index (χ4v) is 4.67. The summed E-state index contributed by atoms with van der Waals surface area (Å²) in [6.07, 6.45) is 2.53. The van der Waals surface area contributed by atoms with Crippen LogP contribution in [-0.4, -0.2) is 46.3 Å². The minimum Gasteiger partial charge on any atom is -0.444 e. The lowest BCUT2D eigenvalue weighted by Crippen LogP contribution is -2.36. The molecule has 0 unspecified atom stereocenters. The van der Waals surface area contributed by atoms with Gasteiger partial charge in [0.25, 0.3) is 0 Å². The molecule has 0 spiro atoms. The molecule has 286 valence electrons. The molecular formula is C42H42Cl2F4N2O4. The number of carbonyl (C=O) groups is 2. The average Bonchev–Trinajstić information content (AvgIpc) is 3.07. The first-order chi connectivity index (χ1) is 25.3. The van der Waals surface area contributed by atoms with Crippen molar-refractivity contribution < 1.29 is 36.6 Å². The third-order valence-corrected chi connectivity index (χ3v) is 7.38. The molecule has 0 bridgehead atoms. The van der Waals surface area contributed by atoms with E-state index >= 15 is 0 Å². The van der Waals surface area contributed by atoms with Gasteiger partial charge in [-0.3, -0.25) is 4.90 Å². The van der Waals surface area contributed by atoms with Crippen molar-refractivity contribution in [2.24, 2.45) is 0 Å². The van der Waals surface area contributed by atoms with E-state index in [4.69, 9.17) is 32.7 Å². The summed E-state index contributed by atoms with van der Waals surface area (Å²) in [5.74, 6) is 2.05. The maximum Gasteiger partial charge on any atom is 0.411 e. The Morgan fingerprint density at radius 3 is 1.56 bits per heavy atom. The molecule has 54 heavy (non-hydrogen) atoms.